The van der Waals surface area contributed by atoms with Crippen molar-refractivity contribution in [1.29, 1.82) is 0 Å². The molecule has 6 heteroatoms. The first kappa shape index (κ1) is 14.7. The lowest BCUT2D eigenvalue weighted by atomic mass is 10.0. The van der Waals surface area contributed by atoms with Crippen LogP contribution in [0.25, 0.3) is 10.2 Å². The minimum Gasteiger partial charge on any atom is -0.351 e. The van der Waals surface area contributed by atoms with Gasteiger partial charge in [-0.1, -0.05) is 36.4 Å². The van der Waals surface area contributed by atoms with E-state index >= 15 is 0 Å². The molecule has 0 aliphatic heterocycles. The normalized spacial score (nSPS) is 12.5. The van der Waals surface area contributed by atoms with E-state index in [-0.39, 0.29) is 5.76 Å². The summed E-state index contributed by atoms with van der Waals surface area (Å²) in [5.74, 6) is 0.223. The maximum atomic E-state index is 12.1. The Kier molecular flexibility index (Phi) is 3.70. The Morgan fingerprint density at radius 1 is 1.36 bits per heavy atom. The first-order valence-electron chi connectivity index (χ1n) is 7.07. The molecule has 2 aromatic heterocycles. The van der Waals surface area contributed by atoms with Gasteiger partial charge in [-0.05, 0) is 30.5 Å². The van der Waals surface area contributed by atoms with Crippen LogP contribution in [0.1, 0.15) is 41.6 Å². The number of hydrogen-bond donors (Lipinski definition) is 0. The maximum absolute atomic E-state index is 12.1. The summed E-state index contributed by atoms with van der Waals surface area (Å²) in [5, 5.41) is 3.72. The highest BCUT2D eigenvalue weighted by molar-refractivity contribution is 7.16. The summed E-state index contributed by atoms with van der Waals surface area (Å²) in [7, 11) is 1.91. The van der Waals surface area contributed by atoms with Crippen LogP contribution in [0.2, 0.25) is 0 Å². The largest absolute Gasteiger partial charge is 0.351 e. The summed E-state index contributed by atoms with van der Waals surface area (Å²) < 4.78 is 8.01. The van der Waals surface area contributed by atoms with Crippen LogP contribution in [0, 0.1) is 6.92 Å². The molecule has 0 atom stereocenters. The van der Waals surface area contributed by atoms with Crippen molar-refractivity contribution in [3.8, 4) is 0 Å². The van der Waals surface area contributed by atoms with Gasteiger partial charge in [0.1, 0.15) is 0 Å². The molecule has 3 rings (SSSR count). The Morgan fingerprint density at radius 3 is 2.77 bits per heavy atom. The third kappa shape index (κ3) is 2.62. The van der Waals surface area contributed by atoms with E-state index in [4.69, 9.17) is 4.52 Å². The van der Waals surface area contributed by atoms with E-state index in [1.807, 2.05) is 11.6 Å². The second-order valence-electron chi connectivity index (χ2n) is 5.58. The Morgan fingerprint density at radius 2 is 2.14 bits per heavy atom. The first-order valence-corrected chi connectivity index (χ1v) is 7.89. The van der Waals surface area contributed by atoms with E-state index in [0.29, 0.717) is 16.4 Å². The van der Waals surface area contributed by atoms with Gasteiger partial charge in [0.2, 0.25) is 5.76 Å². The van der Waals surface area contributed by atoms with E-state index in [1.165, 1.54) is 16.9 Å². The van der Waals surface area contributed by atoms with Gasteiger partial charge >= 0.3 is 5.91 Å². The highest BCUT2D eigenvalue weighted by Gasteiger charge is 2.12. The number of rotatable bonds is 2. The van der Waals surface area contributed by atoms with Crippen molar-refractivity contribution in [2.75, 3.05) is 0 Å². The highest BCUT2D eigenvalue weighted by atomic mass is 32.1. The molecule has 0 saturated carbocycles. The lowest BCUT2D eigenvalue weighted by Crippen LogP contribution is -2.13. The summed E-state index contributed by atoms with van der Waals surface area (Å²) in [6, 6.07) is 7.94. The topological polar surface area (TPSA) is 60.4 Å². The Bertz CT molecular complexity index is 915. The SMILES string of the molecule is Cc1cc(C(=O)N=c2sc3cc(C(C)C)ccc3n2C)on1. The van der Waals surface area contributed by atoms with Crippen molar-refractivity contribution < 1.29 is 9.32 Å². The maximum Gasteiger partial charge on any atom is 0.318 e. The lowest BCUT2D eigenvalue weighted by Gasteiger charge is -2.04. The molecular formula is C16H17N3O2S. The van der Waals surface area contributed by atoms with Crippen LogP contribution in [-0.2, 0) is 7.05 Å². The molecule has 0 N–H and O–H groups in total. The molecule has 0 fully saturated rings. The molecule has 5 nitrogen and oxygen atoms in total. The van der Waals surface area contributed by atoms with Crippen molar-refractivity contribution in [3.05, 3.63) is 46.1 Å². The average Bonchev–Trinajstić information content (AvgIpc) is 3.03. The zero-order valence-corrected chi connectivity index (χ0v) is 13.8. The first-order chi connectivity index (χ1) is 10.5. The molecule has 0 radical (unpaired) electrons. The lowest BCUT2D eigenvalue weighted by molar-refractivity contribution is 0.0962. The summed E-state index contributed by atoms with van der Waals surface area (Å²) in [6.07, 6.45) is 0. The van der Waals surface area contributed by atoms with Gasteiger partial charge in [0.05, 0.1) is 15.9 Å². The van der Waals surface area contributed by atoms with Crippen molar-refractivity contribution in [2.24, 2.45) is 12.0 Å². The van der Waals surface area contributed by atoms with Crippen molar-refractivity contribution in [1.82, 2.24) is 9.72 Å². The third-order valence-corrected chi connectivity index (χ3v) is 4.63. The number of carbonyl (C=O) groups excluding carboxylic acids is 1. The number of aromatic nitrogens is 2. The number of aryl methyl sites for hydroxylation is 2. The molecule has 22 heavy (non-hydrogen) atoms. The molecule has 3 aromatic rings. The fourth-order valence-corrected chi connectivity index (χ4v) is 3.29. The Balaban J connectivity index is 2.09. The summed E-state index contributed by atoms with van der Waals surface area (Å²) in [4.78, 5) is 16.9. The zero-order valence-electron chi connectivity index (χ0n) is 13.0. The number of benzene rings is 1. The zero-order chi connectivity index (χ0) is 15.9. The molecule has 1 aromatic carbocycles. The van der Waals surface area contributed by atoms with Crippen molar-refractivity contribution in [3.63, 3.8) is 0 Å². The number of nitrogens with zero attached hydrogens (tertiary/aromatic N) is 3. The minimum atomic E-state index is -0.410. The Labute approximate surface area is 131 Å². The quantitative estimate of drug-likeness (QED) is 0.728. The number of thiazole rings is 1. The van der Waals surface area contributed by atoms with Crippen LogP contribution in [0.5, 0.6) is 0 Å². The highest BCUT2D eigenvalue weighted by Crippen LogP contribution is 2.23. The molecular weight excluding hydrogens is 298 g/mol. The fourth-order valence-electron chi connectivity index (χ4n) is 2.22. The second kappa shape index (κ2) is 5.53. The van der Waals surface area contributed by atoms with E-state index < -0.39 is 5.91 Å². The average molecular weight is 315 g/mol. The number of carbonyl (C=O) groups is 1. The Hall–Kier alpha value is -2.21. The molecule has 114 valence electrons. The van der Waals surface area contributed by atoms with E-state index in [9.17, 15) is 4.79 Å². The monoisotopic (exact) mass is 315 g/mol. The molecule has 0 aliphatic carbocycles. The number of fused-ring (bicyclic) bond motifs is 1. The van der Waals surface area contributed by atoms with Crippen molar-refractivity contribution >= 4 is 27.5 Å². The van der Waals surface area contributed by atoms with Crippen LogP contribution in [0.4, 0.5) is 0 Å². The van der Waals surface area contributed by atoms with Gasteiger partial charge in [0.15, 0.2) is 4.80 Å². The standard InChI is InChI=1S/C16H17N3O2S/c1-9(2)11-5-6-12-14(8-11)22-16(19(12)4)17-15(20)13-7-10(3)18-21-13/h5-9H,1-4H3. The third-order valence-electron chi connectivity index (χ3n) is 3.54. The van der Waals surface area contributed by atoms with Gasteiger partial charge in [-0.25, -0.2) is 0 Å². The molecule has 2 heterocycles. The van der Waals surface area contributed by atoms with Gasteiger partial charge in [0, 0.05) is 13.1 Å². The van der Waals surface area contributed by atoms with Crippen molar-refractivity contribution in [2.45, 2.75) is 26.7 Å². The van der Waals surface area contributed by atoms with E-state index in [1.54, 1.807) is 13.0 Å². The van der Waals surface area contributed by atoms with Crippen LogP contribution >= 0.6 is 11.3 Å². The van der Waals surface area contributed by atoms with Crippen LogP contribution < -0.4 is 4.80 Å². The summed E-state index contributed by atoms with van der Waals surface area (Å²) in [6.45, 7) is 6.10. The summed E-state index contributed by atoms with van der Waals surface area (Å²) >= 11 is 1.50. The molecule has 0 bridgehead atoms. The fraction of sp³-hybridized carbons (Fsp3) is 0.312. The minimum absolute atomic E-state index is 0.165. The molecule has 0 aliphatic rings. The number of amides is 1. The molecule has 0 saturated heterocycles. The molecule has 1 amide bonds. The van der Waals surface area contributed by atoms with E-state index in [0.717, 1.165) is 10.2 Å². The predicted molar refractivity (Wildman–Crippen MR) is 86.0 cm³/mol. The van der Waals surface area contributed by atoms with Gasteiger partial charge < -0.3 is 9.09 Å². The number of hydrogen-bond acceptors (Lipinski definition) is 4. The van der Waals surface area contributed by atoms with E-state index in [2.05, 4.69) is 42.2 Å². The van der Waals surface area contributed by atoms with Gasteiger partial charge in [-0.15, -0.1) is 0 Å². The van der Waals surface area contributed by atoms with Gasteiger partial charge in [0.25, 0.3) is 0 Å². The molecule has 0 spiro atoms. The van der Waals surface area contributed by atoms with Crippen LogP contribution in [0.3, 0.4) is 0 Å². The molecule has 0 unspecified atom stereocenters. The second-order valence-corrected chi connectivity index (χ2v) is 6.58. The smallest absolute Gasteiger partial charge is 0.318 e. The summed E-state index contributed by atoms with van der Waals surface area (Å²) in [5.41, 5.74) is 3.01. The van der Waals surface area contributed by atoms with Gasteiger partial charge in [-0.2, -0.15) is 4.99 Å². The predicted octanol–water partition coefficient (Wildman–Crippen LogP) is 3.40. The van der Waals surface area contributed by atoms with Gasteiger partial charge in [-0.3, -0.25) is 4.79 Å². The van der Waals surface area contributed by atoms with Crippen LogP contribution in [0.15, 0.2) is 33.8 Å². The van der Waals surface area contributed by atoms with Crippen LogP contribution in [-0.4, -0.2) is 15.6 Å².